The van der Waals surface area contributed by atoms with Crippen LogP contribution in [0, 0.1) is 25.2 Å². The van der Waals surface area contributed by atoms with Gasteiger partial charge in [0.2, 0.25) is 0 Å². The first-order chi connectivity index (χ1) is 12.6. The SMILES string of the molecule is COc1cccc(-c2csc(/C(C#N)=C/Nc3cc(C)ccc3C)n2)c1. The molecule has 26 heavy (non-hydrogen) atoms. The van der Waals surface area contributed by atoms with Crippen LogP contribution in [0.1, 0.15) is 16.1 Å². The Labute approximate surface area is 157 Å². The average molecular weight is 361 g/mol. The average Bonchev–Trinajstić information content (AvgIpc) is 3.15. The van der Waals surface area contributed by atoms with E-state index in [9.17, 15) is 5.26 Å². The molecular weight excluding hydrogens is 342 g/mol. The maximum Gasteiger partial charge on any atom is 0.136 e. The molecule has 2 aromatic carbocycles. The van der Waals surface area contributed by atoms with Crippen molar-refractivity contribution in [2.24, 2.45) is 0 Å². The van der Waals surface area contributed by atoms with E-state index in [-0.39, 0.29) is 0 Å². The molecule has 5 heteroatoms. The fourth-order valence-electron chi connectivity index (χ4n) is 2.50. The first kappa shape index (κ1) is 17.7. The number of nitrogens with zero attached hydrogens (tertiary/aromatic N) is 2. The summed E-state index contributed by atoms with van der Waals surface area (Å²) in [7, 11) is 1.64. The molecule has 0 amide bonds. The molecule has 3 rings (SSSR count). The Bertz CT molecular complexity index is 998. The molecule has 1 N–H and O–H groups in total. The molecule has 0 saturated carbocycles. The van der Waals surface area contributed by atoms with E-state index in [1.807, 2.05) is 43.5 Å². The van der Waals surface area contributed by atoms with Crippen molar-refractivity contribution < 1.29 is 4.74 Å². The van der Waals surface area contributed by atoms with Crippen molar-refractivity contribution >= 4 is 22.6 Å². The number of ether oxygens (including phenoxy) is 1. The maximum absolute atomic E-state index is 9.53. The number of hydrogen-bond donors (Lipinski definition) is 1. The molecule has 0 unspecified atom stereocenters. The van der Waals surface area contributed by atoms with Gasteiger partial charge in [-0.25, -0.2) is 4.98 Å². The Balaban J connectivity index is 1.86. The Morgan fingerprint density at radius 2 is 2.08 bits per heavy atom. The third-order valence-electron chi connectivity index (χ3n) is 3.99. The number of aromatic nitrogens is 1. The van der Waals surface area contributed by atoms with Crippen LogP contribution in [-0.4, -0.2) is 12.1 Å². The predicted octanol–water partition coefficient (Wildman–Crippen LogP) is 5.41. The van der Waals surface area contributed by atoms with Gasteiger partial charge in [0.15, 0.2) is 0 Å². The number of thiazole rings is 1. The number of methoxy groups -OCH3 is 1. The number of hydrogen-bond acceptors (Lipinski definition) is 5. The molecule has 0 atom stereocenters. The van der Waals surface area contributed by atoms with E-state index in [2.05, 4.69) is 34.6 Å². The molecule has 0 fully saturated rings. The van der Waals surface area contributed by atoms with Crippen LogP contribution < -0.4 is 10.1 Å². The largest absolute Gasteiger partial charge is 0.497 e. The molecule has 0 aliphatic heterocycles. The lowest BCUT2D eigenvalue weighted by atomic mass is 10.1. The summed E-state index contributed by atoms with van der Waals surface area (Å²) < 4.78 is 5.26. The predicted molar refractivity (Wildman–Crippen MR) is 107 cm³/mol. The van der Waals surface area contributed by atoms with Crippen molar-refractivity contribution in [1.82, 2.24) is 4.98 Å². The molecule has 0 saturated heterocycles. The van der Waals surface area contributed by atoms with E-state index in [1.165, 1.54) is 16.9 Å². The second kappa shape index (κ2) is 7.85. The second-order valence-electron chi connectivity index (χ2n) is 5.90. The lowest BCUT2D eigenvalue weighted by Gasteiger charge is -2.06. The van der Waals surface area contributed by atoms with E-state index >= 15 is 0 Å². The summed E-state index contributed by atoms with van der Waals surface area (Å²) in [5.74, 6) is 0.782. The minimum atomic E-state index is 0.505. The van der Waals surface area contributed by atoms with Gasteiger partial charge >= 0.3 is 0 Å². The monoisotopic (exact) mass is 361 g/mol. The van der Waals surface area contributed by atoms with Crippen LogP contribution >= 0.6 is 11.3 Å². The molecule has 4 nitrogen and oxygen atoms in total. The van der Waals surface area contributed by atoms with Gasteiger partial charge < -0.3 is 10.1 Å². The third kappa shape index (κ3) is 3.93. The van der Waals surface area contributed by atoms with Gasteiger partial charge in [0, 0.05) is 22.8 Å². The Morgan fingerprint density at radius 1 is 1.23 bits per heavy atom. The number of aryl methyl sites for hydroxylation is 2. The van der Waals surface area contributed by atoms with Gasteiger partial charge in [-0.2, -0.15) is 5.26 Å². The summed E-state index contributed by atoms with van der Waals surface area (Å²) in [6.07, 6.45) is 1.72. The van der Waals surface area contributed by atoms with Crippen molar-refractivity contribution in [2.45, 2.75) is 13.8 Å². The highest BCUT2D eigenvalue weighted by molar-refractivity contribution is 7.11. The normalized spacial score (nSPS) is 11.1. The zero-order chi connectivity index (χ0) is 18.5. The lowest BCUT2D eigenvalue weighted by molar-refractivity contribution is 0.415. The van der Waals surface area contributed by atoms with Gasteiger partial charge in [-0.05, 0) is 43.2 Å². The molecule has 0 aliphatic carbocycles. The molecule has 0 radical (unpaired) electrons. The zero-order valence-electron chi connectivity index (χ0n) is 14.9. The summed E-state index contributed by atoms with van der Waals surface area (Å²) in [6.45, 7) is 4.08. The van der Waals surface area contributed by atoms with E-state index in [0.717, 1.165) is 28.3 Å². The van der Waals surface area contributed by atoms with Crippen molar-refractivity contribution in [3.63, 3.8) is 0 Å². The second-order valence-corrected chi connectivity index (χ2v) is 6.76. The number of allylic oxidation sites excluding steroid dienone is 1. The third-order valence-corrected chi connectivity index (χ3v) is 4.86. The van der Waals surface area contributed by atoms with Crippen molar-refractivity contribution in [2.75, 3.05) is 12.4 Å². The highest BCUT2D eigenvalue weighted by atomic mass is 32.1. The number of nitriles is 1. The minimum absolute atomic E-state index is 0.505. The summed E-state index contributed by atoms with van der Waals surface area (Å²) in [6, 6.07) is 16.1. The van der Waals surface area contributed by atoms with Gasteiger partial charge in [-0.1, -0.05) is 24.3 Å². The highest BCUT2D eigenvalue weighted by Gasteiger charge is 2.10. The molecule has 3 aromatic rings. The fraction of sp³-hybridized carbons (Fsp3) is 0.143. The van der Waals surface area contributed by atoms with Crippen LogP contribution in [-0.2, 0) is 0 Å². The highest BCUT2D eigenvalue weighted by Crippen LogP contribution is 2.28. The standard InChI is InChI=1S/C21H19N3OS/c1-14-7-8-15(2)19(9-14)23-12-17(11-22)21-24-20(13-26-21)16-5-4-6-18(10-16)25-3/h4-10,12-13,23H,1-3H3/b17-12+. The lowest BCUT2D eigenvalue weighted by Crippen LogP contribution is -1.94. The molecule has 130 valence electrons. The summed E-state index contributed by atoms with van der Waals surface area (Å²) in [4.78, 5) is 4.61. The van der Waals surface area contributed by atoms with Gasteiger partial charge in [0.25, 0.3) is 0 Å². The van der Waals surface area contributed by atoms with Crippen molar-refractivity contribution in [3.05, 3.63) is 70.2 Å². The minimum Gasteiger partial charge on any atom is -0.497 e. The molecule has 1 heterocycles. The summed E-state index contributed by atoms with van der Waals surface area (Å²) in [5, 5.41) is 15.4. The van der Waals surface area contributed by atoms with Crippen LogP contribution in [0.5, 0.6) is 5.75 Å². The van der Waals surface area contributed by atoms with E-state index in [4.69, 9.17) is 4.74 Å². The van der Waals surface area contributed by atoms with E-state index < -0.39 is 0 Å². The number of nitrogens with one attached hydrogen (secondary N) is 1. The number of rotatable bonds is 5. The van der Waals surface area contributed by atoms with Crippen molar-refractivity contribution in [1.29, 1.82) is 5.26 Å². The zero-order valence-corrected chi connectivity index (χ0v) is 15.7. The van der Waals surface area contributed by atoms with Crippen LogP contribution in [0.2, 0.25) is 0 Å². The van der Waals surface area contributed by atoms with Crippen molar-refractivity contribution in [3.8, 4) is 23.1 Å². The number of anilines is 1. The number of benzene rings is 2. The van der Waals surface area contributed by atoms with Crippen LogP contribution in [0.25, 0.3) is 16.8 Å². The van der Waals surface area contributed by atoms with E-state index in [1.54, 1.807) is 13.3 Å². The van der Waals surface area contributed by atoms with Gasteiger partial charge in [0.1, 0.15) is 22.4 Å². The topological polar surface area (TPSA) is 57.9 Å². The first-order valence-electron chi connectivity index (χ1n) is 8.15. The van der Waals surface area contributed by atoms with Crippen LogP contribution in [0.15, 0.2) is 54.0 Å². The fourth-order valence-corrected chi connectivity index (χ4v) is 3.29. The molecule has 0 aliphatic rings. The van der Waals surface area contributed by atoms with Crippen LogP contribution in [0.3, 0.4) is 0 Å². The Hall–Kier alpha value is -3.10. The Kier molecular flexibility index (Phi) is 5.35. The van der Waals surface area contributed by atoms with Gasteiger partial charge in [0.05, 0.1) is 12.8 Å². The summed E-state index contributed by atoms with van der Waals surface area (Å²) in [5.41, 5.74) is 5.58. The van der Waals surface area contributed by atoms with E-state index in [0.29, 0.717) is 10.6 Å². The maximum atomic E-state index is 9.53. The quantitative estimate of drug-likeness (QED) is 0.617. The molecule has 0 bridgehead atoms. The summed E-state index contributed by atoms with van der Waals surface area (Å²) >= 11 is 1.45. The van der Waals surface area contributed by atoms with Crippen LogP contribution in [0.4, 0.5) is 5.69 Å². The molecular formula is C21H19N3OS. The first-order valence-corrected chi connectivity index (χ1v) is 9.03. The smallest absolute Gasteiger partial charge is 0.136 e. The molecule has 0 spiro atoms. The Morgan fingerprint density at radius 3 is 2.85 bits per heavy atom. The molecule has 1 aromatic heterocycles. The van der Waals surface area contributed by atoms with Gasteiger partial charge in [-0.3, -0.25) is 0 Å². The van der Waals surface area contributed by atoms with Gasteiger partial charge in [-0.15, -0.1) is 11.3 Å².